The lowest BCUT2D eigenvalue weighted by molar-refractivity contribution is 0.0954. The van der Waals surface area contributed by atoms with Crippen molar-refractivity contribution < 1.29 is 19.0 Å². The van der Waals surface area contributed by atoms with Crippen molar-refractivity contribution in [3.63, 3.8) is 0 Å². The van der Waals surface area contributed by atoms with Crippen LogP contribution in [0.3, 0.4) is 0 Å². The van der Waals surface area contributed by atoms with Gasteiger partial charge in [-0.25, -0.2) is 0 Å². The zero-order chi connectivity index (χ0) is 21.9. The highest BCUT2D eigenvalue weighted by Crippen LogP contribution is 2.27. The monoisotopic (exact) mass is 437 g/mol. The molecule has 0 aliphatic heterocycles. The lowest BCUT2D eigenvalue weighted by Crippen LogP contribution is -2.25. The van der Waals surface area contributed by atoms with E-state index >= 15 is 0 Å². The minimum atomic E-state index is -0.105. The van der Waals surface area contributed by atoms with Gasteiger partial charge in [-0.2, -0.15) is 0 Å². The maximum Gasteiger partial charge on any atom is 0.251 e. The van der Waals surface area contributed by atoms with Crippen molar-refractivity contribution in [1.82, 2.24) is 5.32 Å². The van der Waals surface area contributed by atoms with E-state index in [1.165, 1.54) is 4.90 Å². The third kappa shape index (κ3) is 6.96. The first-order chi connectivity index (χ1) is 15.2. The van der Waals surface area contributed by atoms with Crippen LogP contribution < -0.4 is 19.5 Å². The number of hydrogen-bond acceptors (Lipinski definition) is 5. The third-order valence-corrected chi connectivity index (χ3v) is 5.60. The van der Waals surface area contributed by atoms with Crippen LogP contribution in [-0.4, -0.2) is 39.0 Å². The predicted octanol–water partition coefficient (Wildman–Crippen LogP) is 4.85. The van der Waals surface area contributed by atoms with Gasteiger partial charge in [0.2, 0.25) is 0 Å². The zero-order valence-electron chi connectivity index (χ0n) is 17.8. The van der Waals surface area contributed by atoms with Gasteiger partial charge in [-0.15, -0.1) is 11.8 Å². The van der Waals surface area contributed by atoms with Crippen molar-refractivity contribution >= 4 is 17.7 Å². The van der Waals surface area contributed by atoms with Crippen LogP contribution in [0.1, 0.15) is 15.9 Å². The normalized spacial score (nSPS) is 10.4. The molecule has 0 saturated carbocycles. The average molecular weight is 438 g/mol. The van der Waals surface area contributed by atoms with Gasteiger partial charge in [0.15, 0.2) is 11.5 Å². The molecule has 0 saturated heterocycles. The predicted molar refractivity (Wildman–Crippen MR) is 125 cm³/mol. The smallest absolute Gasteiger partial charge is 0.251 e. The number of methoxy groups -OCH3 is 2. The number of carbonyl (C=O) groups excluding carboxylic acids is 1. The summed E-state index contributed by atoms with van der Waals surface area (Å²) in [6, 6.07) is 23.2. The molecule has 3 aromatic rings. The molecule has 0 aliphatic carbocycles. The molecule has 0 aliphatic rings. The topological polar surface area (TPSA) is 56.8 Å². The van der Waals surface area contributed by atoms with Crippen molar-refractivity contribution in [3.8, 4) is 17.2 Å². The van der Waals surface area contributed by atoms with Gasteiger partial charge in [0, 0.05) is 22.8 Å². The third-order valence-electron chi connectivity index (χ3n) is 4.63. The number of benzene rings is 3. The Kier molecular flexibility index (Phi) is 8.67. The molecule has 0 fully saturated rings. The lowest BCUT2D eigenvalue weighted by atomic mass is 10.1. The van der Waals surface area contributed by atoms with Gasteiger partial charge < -0.3 is 19.5 Å². The fraction of sp³-hybridized carbons (Fsp3) is 0.240. The van der Waals surface area contributed by atoms with Gasteiger partial charge in [0.05, 0.1) is 20.8 Å². The lowest BCUT2D eigenvalue weighted by Gasteiger charge is -2.10. The summed E-state index contributed by atoms with van der Waals surface area (Å²) < 4.78 is 16.3. The maximum absolute atomic E-state index is 12.4. The molecule has 1 amide bonds. The maximum atomic E-state index is 12.4. The summed E-state index contributed by atoms with van der Waals surface area (Å²) in [5, 5.41) is 2.95. The number of amides is 1. The Bertz CT molecular complexity index is 961. The molecule has 0 atom stereocenters. The molecule has 31 heavy (non-hydrogen) atoms. The first-order valence-electron chi connectivity index (χ1n) is 10.1. The number of ether oxygens (including phenoxy) is 3. The minimum Gasteiger partial charge on any atom is -0.493 e. The van der Waals surface area contributed by atoms with E-state index in [4.69, 9.17) is 14.2 Å². The van der Waals surface area contributed by atoms with Gasteiger partial charge in [-0.05, 0) is 60.5 Å². The first kappa shape index (κ1) is 22.6. The zero-order valence-corrected chi connectivity index (χ0v) is 18.6. The summed E-state index contributed by atoms with van der Waals surface area (Å²) in [6.07, 6.45) is 0.701. The van der Waals surface area contributed by atoms with Crippen LogP contribution in [-0.2, 0) is 6.42 Å². The molecule has 0 radical (unpaired) electrons. The second kappa shape index (κ2) is 11.9. The summed E-state index contributed by atoms with van der Waals surface area (Å²) in [4.78, 5) is 13.6. The molecule has 5 nitrogen and oxygen atoms in total. The Morgan fingerprint density at radius 1 is 0.903 bits per heavy atom. The molecular formula is C25H27NO4S. The molecule has 0 aromatic heterocycles. The SMILES string of the molecule is COc1ccc(CCNC(=O)c2ccc(OCCSc3ccccc3)cc2)cc1OC. The molecule has 0 heterocycles. The van der Waals surface area contributed by atoms with Gasteiger partial charge in [0.1, 0.15) is 5.75 Å². The summed E-state index contributed by atoms with van der Waals surface area (Å²) in [7, 11) is 3.22. The molecule has 0 spiro atoms. The molecular weight excluding hydrogens is 410 g/mol. The Morgan fingerprint density at radius 2 is 1.65 bits per heavy atom. The van der Waals surface area contributed by atoms with Gasteiger partial charge in [0.25, 0.3) is 5.91 Å². The summed E-state index contributed by atoms with van der Waals surface area (Å²) in [5.74, 6) is 2.89. The number of carbonyl (C=O) groups is 1. The average Bonchev–Trinajstić information content (AvgIpc) is 2.82. The molecule has 3 aromatic carbocycles. The summed E-state index contributed by atoms with van der Waals surface area (Å²) >= 11 is 1.76. The van der Waals surface area contributed by atoms with Crippen molar-refractivity contribution in [2.45, 2.75) is 11.3 Å². The van der Waals surface area contributed by atoms with E-state index in [2.05, 4.69) is 17.4 Å². The van der Waals surface area contributed by atoms with E-state index in [0.29, 0.717) is 36.6 Å². The first-order valence-corrected chi connectivity index (χ1v) is 11.1. The molecule has 0 bridgehead atoms. The van der Waals surface area contributed by atoms with Crippen molar-refractivity contribution in [2.24, 2.45) is 0 Å². The van der Waals surface area contributed by atoms with Crippen LogP contribution in [0.4, 0.5) is 0 Å². The van der Waals surface area contributed by atoms with Crippen LogP contribution >= 0.6 is 11.8 Å². The van der Waals surface area contributed by atoms with E-state index in [1.54, 1.807) is 38.1 Å². The van der Waals surface area contributed by atoms with Gasteiger partial charge >= 0.3 is 0 Å². The van der Waals surface area contributed by atoms with Gasteiger partial charge in [-0.1, -0.05) is 24.3 Å². The Hall–Kier alpha value is -3.12. The van der Waals surface area contributed by atoms with Crippen LogP contribution in [0.25, 0.3) is 0 Å². The van der Waals surface area contributed by atoms with Crippen molar-refractivity contribution in [1.29, 1.82) is 0 Å². The Balaban J connectivity index is 1.40. The summed E-state index contributed by atoms with van der Waals surface area (Å²) in [6.45, 7) is 1.14. The van der Waals surface area contributed by atoms with E-state index < -0.39 is 0 Å². The highest BCUT2D eigenvalue weighted by atomic mass is 32.2. The number of hydrogen-bond donors (Lipinski definition) is 1. The largest absolute Gasteiger partial charge is 0.493 e. The summed E-state index contributed by atoms with van der Waals surface area (Å²) in [5.41, 5.74) is 1.67. The quantitative estimate of drug-likeness (QED) is 0.343. The molecule has 162 valence electrons. The molecule has 0 unspecified atom stereocenters. The van der Waals surface area contributed by atoms with E-state index in [-0.39, 0.29) is 5.91 Å². The van der Waals surface area contributed by atoms with E-state index in [0.717, 1.165) is 17.1 Å². The van der Waals surface area contributed by atoms with Crippen LogP contribution in [0.2, 0.25) is 0 Å². The number of nitrogens with one attached hydrogen (secondary N) is 1. The van der Waals surface area contributed by atoms with Crippen LogP contribution in [0.15, 0.2) is 77.7 Å². The second-order valence-electron chi connectivity index (χ2n) is 6.73. The fourth-order valence-electron chi connectivity index (χ4n) is 3.00. The van der Waals surface area contributed by atoms with Crippen LogP contribution in [0.5, 0.6) is 17.2 Å². The van der Waals surface area contributed by atoms with Crippen molar-refractivity contribution in [2.75, 3.05) is 33.1 Å². The van der Waals surface area contributed by atoms with E-state index in [9.17, 15) is 4.79 Å². The molecule has 1 N–H and O–H groups in total. The second-order valence-corrected chi connectivity index (χ2v) is 7.90. The highest BCUT2D eigenvalue weighted by Gasteiger charge is 2.07. The molecule has 3 rings (SSSR count). The fourth-order valence-corrected chi connectivity index (χ4v) is 3.75. The Morgan fingerprint density at radius 3 is 2.35 bits per heavy atom. The standard InChI is InChI=1S/C25H27NO4S/c1-28-23-13-8-19(18-24(23)29-2)14-15-26-25(27)20-9-11-21(12-10-20)30-16-17-31-22-6-4-3-5-7-22/h3-13,18H,14-17H2,1-2H3,(H,26,27). The molecule has 6 heteroatoms. The van der Waals surface area contributed by atoms with E-state index in [1.807, 2.05) is 48.5 Å². The van der Waals surface area contributed by atoms with Crippen LogP contribution in [0, 0.1) is 0 Å². The minimum absolute atomic E-state index is 0.105. The van der Waals surface area contributed by atoms with Gasteiger partial charge in [-0.3, -0.25) is 4.79 Å². The number of rotatable bonds is 11. The Labute approximate surface area is 187 Å². The number of thioether (sulfide) groups is 1. The van der Waals surface area contributed by atoms with Crippen molar-refractivity contribution in [3.05, 3.63) is 83.9 Å². The highest BCUT2D eigenvalue weighted by molar-refractivity contribution is 7.99.